The lowest BCUT2D eigenvalue weighted by molar-refractivity contribution is 0.677. The average molecular weight is 219 g/mol. The summed E-state index contributed by atoms with van der Waals surface area (Å²) in [7, 11) is 0. The lowest BCUT2D eigenvalue weighted by Crippen LogP contribution is -2.08. The Balaban J connectivity index is 2.94. The largest absolute Gasteiger partial charge is 0.145 e. The normalized spacial score (nSPS) is 25.0. The van der Waals surface area contributed by atoms with Crippen LogP contribution in [0.25, 0.3) is 0 Å². The summed E-state index contributed by atoms with van der Waals surface area (Å²) in [4.78, 5) is 20.3. The van der Waals surface area contributed by atoms with Gasteiger partial charge in [0.1, 0.15) is 11.4 Å². The van der Waals surface area contributed by atoms with Gasteiger partial charge in [-0.3, -0.25) is 0 Å². The van der Waals surface area contributed by atoms with E-state index in [0.29, 0.717) is 12.1 Å². The maximum absolute atomic E-state index is 10.2. The molecule has 0 fully saturated rings. The van der Waals surface area contributed by atoms with Crippen molar-refractivity contribution in [2.24, 2.45) is 10.4 Å². The van der Waals surface area contributed by atoms with E-state index in [0.717, 1.165) is 12.8 Å². The van der Waals surface area contributed by atoms with Gasteiger partial charge in [-0.2, -0.15) is 0 Å². The molecule has 0 bridgehead atoms. The van der Waals surface area contributed by atoms with E-state index in [1.165, 1.54) is 0 Å². The summed E-state index contributed by atoms with van der Waals surface area (Å²) < 4.78 is 0. The van der Waals surface area contributed by atoms with E-state index >= 15 is 0 Å². The number of allylic oxidation sites excluding steroid dienone is 2. The van der Waals surface area contributed by atoms with Crippen LogP contribution in [0.5, 0.6) is 0 Å². The highest BCUT2D eigenvalue weighted by atomic mass is 79.9. The van der Waals surface area contributed by atoms with Crippen molar-refractivity contribution in [1.82, 2.24) is 0 Å². The molecule has 0 radical (unpaired) electrons. The molecular weight excluding hydrogens is 212 g/mol. The Morgan fingerprint density at radius 3 is 2.55 bits per heavy atom. The van der Waals surface area contributed by atoms with Crippen molar-refractivity contribution < 1.29 is 0 Å². The highest BCUT2D eigenvalue weighted by molar-refractivity contribution is 9.09. The van der Waals surface area contributed by atoms with Gasteiger partial charge >= 0.3 is 0 Å². The van der Waals surface area contributed by atoms with E-state index < -0.39 is 0 Å². The van der Waals surface area contributed by atoms with Crippen LogP contribution in [0.2, 0.25) is 0 Å². The monoisotopic (exact) mass is 218 g/mol. The van der Waals surface area contributed by atoms with Crippen molar-refractivity contribution in [2.45, 2.75) is 24.1 Å². The van der Waals surface area contributed by atoms with Gasteiger partial charge in [-0.05, 0) is 29.6 Å². The molecule has 4 nitrogen and oxygen atoms in total. The van der Waals surface area contributed by atoms with E-state index in [-0.39, 0.29) is 10.5 Å². The lowest BCUT2D eigenvalue weighted by Gasteiger charge is -2.14. The Bertz CT molecular complexity index is 215. The van der Waals surface area contributed by atoms with Crippen LogP contribution in [0.1, 0.15) is 19.3 Å². The first-order chi connectivity index (χ1) is 5.29. The highest BCUT2D eigenvalue weighted by Gasteiger charge is 2.22. The number of halogens is 1. The summed E-state index contributed by atoms with van der Waals surface area (Å²) in [6.07, 6.45) is 2.31. The molecule has 0 spiro atoms. The van der Waals surface area contributed by atoms with Crippen LogP contribution < -0.4 is 0 Å². The van der Waals surface area contributed by atoms with Gasteiger partial charge in [0.05, 0.1) is 4.83 Å². The molecule has 0 amide bonds. The van der Waals surface area contributed by atoms with Crippen LogP contribution in [0.15, 0.2) is 21.7 Å². The molecule has 1 atom stereocenters. The van der Waals surface area contributed by atoms with Crippen molar-refractivity contribution in [3.63, 3.8) is 0 Å². The fourth-order valence-electron chi connectivity index (χ4n) is 1.10. The smallest absolute Gasteiger partial charge is 0.123 e. The van der Waals surface area contributed by atoms with E-state index in [2.05, 4.69) is 26.3 Å². The number of rotatable bonds is 2. The van der Waals surface area contributed by atoms with Gasteiger partial charge in [-0.15, -0.1) is 9.81 Å². The van der Waals surface area contributed by atoms with Gasteiger partial charge in [0.25, 0.3) is 0 Å². The third kappa shape index (κ3) is 1.71. The van der Waals surface area contributed by atoms with Crippen LogP contribution in [0.3, 0.4) is 0 Å². The van der Waals surface area contributed by atoms with Crippen molar-refractivity contribution in [3.8, 4) is 0 Å². The van der Waals surface area contributed by atoms with Gasteiger partial charge in [0.2, 0.25) is 0 Å². The maximum atomic E-state index is 10.2. The Kier molecular flexibility index (Phi) is 2.87. The zero-order chi connectivity index (χ0) is 8.27. The van der Waals surface area contributed by atoms with Gasteiger partial charge in [0.15, 0.2) is 0 Å². The molecular formula is C6H7BrN2O2. The molecule has 1 rings (SSSR count). The molecule has 0 saturated heterocycles. The predicted molar refractivity (Wildman–Crippen MR) is 45.2 cm³/mol. The van der Waals surface area contributed by atoms with Gasteiger partial charge in [-0.1, -0.05) is 15.9 Å². The topological polar surface area (TPSA) is 58.9 Å². The standard InChI is InChI=1S/C6H7BrN2O2/c7-4-2-1-3-5(8-10)6(4)9-11/h4H,1-3H2. The zero-order valence-corrected chi connectivity index (χ0v) is 7.37. The van der Waals surface area contributed by atoms with Crippen LogP contribution in [0.4, 0.5) is 0 Å². The van der Waals surface area contributed by atoms with Crippen LogP contribution in [0, 0.1) is 9.81 Å². The van der Waals surface area contributed by atoms with Crippen molar-refractivity contribution in [2.75, 3.05) is 0 Å². The molecule has 1 aliphatic carbocycles. The molecule has 5 heteroatoms. The van der Waals surface area contributed by atoms with E-state index in [4.69, 9.17) is 0 Å². The van der Waals surface area contributed by atoms with Crippen LogP contribution >= 0.6 is 15.9 Å². The van der Waals surface area contributed by atoms with Gasteiger partial charge in [-0.25, -0.2) is 0 Å². The number of nitroso groups, excluding NO2 is 2. The minimum Gasteiger partial charge on any atom is -0.145 e. The first-order valence-electron chi connectivity index (χ1n) is 3.33. The summed E-state index contributed by atoms with van der Waals surface area (Å²) in [5, 5.41) is 5.53. The summed E-state index contributed by atoms with van der Waals surface area (Å²) >= 11 is 3.25. The quantitative estimate of drug-likeness (QED) is 0.529. The number of hydrogen-bond acceptors (Lipinski definition) is 4. The minimum atomic E-state index is -0.0820. The minimum absolute atomic E-state index is 0.0820. The summed E-state index contributed by atoms with van der Waals surface area (Å²) in [5.74, 6) is 0. The third-order valence-corrected chi connectivity index (χ3v) is 2.56. The third-order valence-electron chi connectivity index (χ3n) is 1.67. The SMILES string of the molecule is O=NC1=C(N=O)C(Br)CCC1. The second-order valence-electron chi connectivity index (χ2n) is 2.37. The zero-order valence-electron chi connectivity index (χ0n) is 5.79. The fraction of sp³-hybridized carbons (Fsp3) is 0.667. The van der Waals surface area contributed by atoms with Crippen molar-refractivity contribution >= 4 is 15.9 Å². The Morgan fingerprint density at radius 2 is 2.09 bits per heavy atom. The lowest BCUT2D eigenvalue weighted by atomic mass is 10.0. The number of nitrogens with zero attached hydrogens (tertiary/aromatic N) is 2. The van der Waals surface area contributed by atoms with Gasteiger partial charge < -0.3 is 0 Å². The molecule has 1 unspecified atom stereocenters. The van der Waals surface area contributed by atoms with Gasteiger partial charge in [0, 0.05) is 0 Å². The second-order valence-corrected chi connectivity index (χ2v) is 3.48. The predicted octanol–water partition coefficient (Wildman–Crippen LogP) is 2.68. The van der Waals surface area contributed by atoms with Crippen molar-refractivity contribution in [3.05, 3.63) is 21.2 Å². The molecule has 1 aliphatic rings. The Morgan fingerprint density at radius 1 is 1.36 bits per heavy atom. The average Bonchev–Trinajstić information content (AvgIpc) is 2.04. The summed E-state index contributed by atoms with van der Waals surface area (Å²) in [5.41, 5.74) is 0.569. The molecule has 0 aliphatic heterocycles. The molecule has 11 heavy (non-hydrogen) atoms. The van der Waals surface area contributed by atoms with E-state index in [1.54, 1.807) is 0 Å². The fourth-order valence-corrected chi connectivity index (χ4v) is 1.77. The highest BCUT2D eigenvalue weighted by Crippen LogP contribution is 2.31. The molecule has 0 aromatic rings. The summed E-state index contributed by atoms with van der Waals surface area (Å²) in [6.45, 7) is 0. The Labute approximate surface area is 72.1 Å². The van der Waals surface area contributed by atoms with Crippen LogP contribution in [-0.4, -0.2) is 4.83 Å². The van der Waals surface area contributed by atoms with Crippen molar-refractivity contribution in [1.29, 1.82) is 0 Å². The molecule has 0 aromatic heterocycles. The Hall–Kier alpha value is -0.580. The molecule has 0 saturated carbocycles. The number of hydrogen-bond donors (Lipinski definition) is 0. The number of alkyl halides is 1. The maximum Gasteiger partial charge on any atom is 0.123 e. The van der Waals surface area contributed by atoms with E-state index in [1.807, 2.05) is 0 Å². The summed E-state index contributed by atoms with van der Waals surface area (Å²) in [6, 6.07) is 0. The molecule has 0 N–H and O–H groups in total. The first-order valence-corrected chi connectivity index (χ1v) is 4.25. The van der Waals surface area contributed by atoms with Crippen LogP contribution in [-0.2, 0) is 0 Å². The second kappa shape index (κ2) is 3.71. The molecule has 60 valence electrons. The molecule has 0 heterocycles. The first kappa shape index (κ1) is 8.52. The van der Waals surface area contributed by atoms with E-state index in [9.17, 15) is 9.81 Å². The molecule has 0 aromatic carbocycles.